The van der Waals surface area contributed by atoms with E-state index < -0.39 is 23.9 Å². The molecule has 1 aromatic heterocycles. The molecule has 2 aliphatic heterocycles. The standard InChI is InChI=1S/C20H20N2O4S2/c23-13(8-11-7-10-3-1-2-4-14(10)26-11)16-15(27)9-22-18(16)19(24)12-5-6-21-17(12)20(25)28/h1-4,7,12,16-18,21-22H,5-6,8-9H2,(H,25,28)/t12?,16?,17-,18-/m0/s1. The number of rotatable bonds is 6. The first kappa shape index (κ1) is 19.4. The van der Waals surface area contributed by atoms with Gasteiger partial charge in [0.1, 0.15) is 17.1 Å². The van der Waals surface area contributed by atoms with Gasteiger partial charge in [-0.25, -0.2) is 0 Å². The Balaban J connectivity index is 1.53. The van der Waals surface area contributed by atoms with Gasteiger partial charge in [0.05, 0.1) is 24.4 Å². The fraction of sp³-hybridized carbons (Fsp3) is 0.400. The summed E-state index contributed by atoms with van der Waals surface area (Å²) >= 11 is 9.27. The average molecular weight is 417 g/mol. The SMILES string of the molecule is O=C(Cc1cc2ccccc2o1)C1C(=S)CN[C@@H]1C(=O)C1CCN[C@@H]1C(=O)S. The van der Waals surface area contributed by atoms with Crippen molar-refractivity contribution in [3.63, 3.8) is 0 Å². The third-order valence-corrected chi connectivity index (χ3v) is 6.18. The van der Waals surface area contributed by atoms with Gasteiger partial charge in [-0.15, -0.1) is 12.6 Å². The van der Waals surface area contributed by atoms with Crippen LogP contribution in [0.15, 0.2) is 34.7 Å². The Morgan fingerprint density at radius 3 is 2.71 bits per heavy atom. The van der Waals surface area contributed by atoms with Crippen molar-refractivity contribution in [3.05, 3.63) is 36.1 Å². The molecule has 6 nitrogen and oxygen atoms in total. The molecule has 8 heteroatoms. The van der Waals surface area contributed by atoms with Gasteiger partial charge < -0.3 is 15.1 Å². The van der Waals surface area contributed by atoms with Crippen LogP contribution in [0.25, 0.3) is 11.0 Å². The van der Waals surface area contributed by atoms with Crippen molar-refractivity contribution >= 4 is 57.4 Å². The van der Waals surface area contributed by atoms with E-state index in [0.29, 0.717) is 30.1 Å². The van der Waals surface area contributed by atoms with Gasteiger partial charge in [-0.3, -0.25) is 14.4 Å². The molecule has 146 valence electrons. The molecule has 0 amide bonds. The van der Waals surface area contributed by atoms with Crippen LogP contribution in [0.3, 0.4) is 0 Å². The molecule has 2 N–H and O–H groups in total. The number of benzene rings is 1. The maximum absolute atomic E-state index is 13.1. The van der Waals surface area contributed by atoms with Crippen LogP contribution < -0.4 is 10.6 Å². The highest BCUT2D eigenvalue weighted by molar-refractivity contribution is 7.96. The lowest BCUT2D eigenvalue weighted by Crippen LogP contribution is -2.47. The summed E-state index contributed by atoms with van der Waals surface area (Å²) in [5.41, 5.74) is 0.720. The Morgan fingerprint density at radius 2 is 1.96 bits per heavy atom. The third-order valence-electron chi connectivity index (χ3n) is 5.51. The number of Topliss-reactive ketones (excluding diaryl/α,β-unsaturated/α-hetero) is 2. The lowest BCUT2D eigenvalue weighted by Gasteiger charge is -2.22. The zero-order valence-corrected chi connectivity index (χ0v) is 16.7. The Labute approximate surface area is 172 Å². The molecule has 0 saturated carbocycles. The molecule has 0 radical (unpaired) electrons. The molecule has 4 rings (SSSR count). The topological polar surface area (TPSA) is 88.4 Å². The first-order valence-electron chi connectivity index (χ1n) is 9.22. The van der Waals surface area contributed by atoms with Gasteiger partial charge in [0.25, 0.3) is 0 Å². The molecule has 0 bridgehead atoms. The maximum Gasteiger partial charge on any atom is 0.203 e. The molecule has 1 aromatic carbocycles. The highest BCUT2D eigenvalue weighted by atomic mass is 32.1. The molecule has 2 saturated heterocycles. The van der Waals surface area contributed by atoms with E-state index in [-0.39, 0.29) is 23.1 Å². The summed E-state index contributed by atoms with van der Waals surface area (Å²) < 4.78 is 5.74. The van der Waals surface area contributed by atoms with Crippen molar-refractivity contribution in [1.29, 1.82) is 0 Å². The maximum atomic E-state index is 13.1. The molecule has 2 aliphatic rings. The van der Waals surface area contributed by atoms with Crippen molar-refractivity contribution in [1.82, 2.24) is 10.6 Å². The number of ketones is 2. The lowest BCUT2D eigenvalue weighted by atomic mass is 9.83. The van der Waals surface area contributed by atoms with Crippen molar-refractivity contribution < 1.29 is 18.8 Å². The number of hydrogen-bond donors (Lipinski definition) is 3. The van der Waals surface area contributed by atoms with Gasteiger partial charge in [-0.2, -0.15) is 0 Å². The van der Waals surface area contributed by atoms with E-state index in [2.05, 4.69) is 23.3 Å². The molecule has 2 fully saturated rings. The number of furan rings is 1. The lowest BCUT2D eigenvalue weighted by molar-refractivity contribution is -0.131. The van der Waals surface area contributed by atoms with E-state index in [1.165, 1.54) is 0 Å². The van der Waals surface area contributed by atoms with Crippen LogP contribution in [0.1, 0.15) is 12.2 Å². The van der Waals surface area contributed by atoms with Gasteiger partial charge in [0.2, 0.25) is 5.12 Å². The number of thiol groups is 1. The predicted molar refractivity (Wildman–Crippen MR) is 112 cm³/mol. The zero-order chi connectivity index (χ0) is 19.8. The Morgan fingerprint density at radius 1 is 1.18 bits per heavy atom. The summed E-state index contributed by atoms with van der Waals surface area (Å²) in [6.45, 7) is 0.907. The van der Waals surface area contributed by atoms with Crippen LogP contribution in [0.5, 0.6) is 0 Å². The first-order valence-corrected chi connectivity index (χ1v) is 10.1. The molecule has 0 spiro atoms. The van der Waals surface area contributed by atoms with Crippen LogP contribution in [0, 0.1) is 11.8 Å². The molecular formula is C20H20N2O4S2. The van der Waals surface area contributed by atoms with E-state index in [4.69, 9.17) is 16.6 Å². The van der Waals surface area contributed by atoms with Gasteiger partial charge in [-0.05, 0) is 25.1 Å². The van der Waals surface area contributed by atoms with Crippen molar-refractivity contribution in [2.45, 2.75) is 24.9 Å². The number of thiocarbonyl (C=S) groups is 1. The van der Waals surface area contributed by atoms with Gasteiger partial charge in [-0.1, -0.05) is 30.4 Å². The molecule has 4 atom stereocenters. The second kappa shape index (κ2) is 7.87. The summed E-state index contributed by atoms with van der Waals surface area (Å²) in [5, 5.41) is 6.66. The largest absolute Gasteiger partial charge is 0.461 e. The average Bonchev–Trinajstić information content (AvgIpc) is 3.38. The highest BCUT2D eigenvalue weighted by Gasteiger charge is 2.46. The van der Waals surface area contributed by atoms with E-state index in [9.17, 15) is 14.4 Å². The fourth-order valence-corrected chi connectivity index (χ4v) is 4.78. The summed E-state index contributed by atoms with van der Waals surface area (Å²) in [7, 11) is 0. The molecular weight excluding hydrogens is 396 g/mol. The highest BCUT2D eigenvalue weighted by Crippen LogP contribution is 2.27. The number of fused-ring (bicyclic) bond motifs is 1. The molecule has 3 heterocycles. The quantitative estimate of drug-likeness (QED) is 0.486. The van der Waals surface area contributed by atoms with E-state index in [1.807, 2.05) is 30.3 Å². The summed E-state index contributed by atoms with van der Waals surface area (Å²) in [5.74, 6) is -0.928. The molecule has 2 aromatic rings. The number of carbonyl (C=O) groups excluding carboxylic acids is 3. The van der Waals surface area contributed by atoms with E-state index in [0.717, 1.165) is 11.0 Å². The van der Waals surface area contributed by atoms with Gasteiger partial charge >= 0.3 is 0 Å². The van der Waals surface area contributed by atoms with Gasteiger partial charge in [0.15, 0.2) is 5.78 Å². The van der Waals surface area contributed by atoms with Crippen LogP contribution in [-0.2, 0) is 20.8 Å². The third kappa shape index (κ3) is 3.57. The first-order chi connectivity index (χ1) is 13.5. The van der Waals surface area contributed by atoms with E-state index in [1.54, 1.807) is 0 Å². The molecule has 0 aliphatic carbocycles. The Kier molecular flexibility index (Phi) is 5.46. The van der Waals surface area contributed by atoms with Crippen LogP contribution >= 0.6 is 24.8 Å². The van der Waals surface area contributed by atoms with Crippen LogP contribution in [-0.4, -0.2) is 46.7 Å². The van der Waals surface area contributed by atoms with Crippen molar-refractivity contribution in [2.24, 2.45) is 11.8 Å². The minimum Gasteiger partial charge on any atom is -0.461 e. The zero-order valence-electron chi connectivity index (χ0n) is 15.0. The summed E-state index contributed by atoms with van der Waals surface area (Å²) in [6, 6.07) is 8.07. The van der Waals surface area contributed by atoms with Gasteiger partial charge in [0, 0.05) is 22.7 Å². The number of para-hydroxylation sites is 1. The number of hydrogen-bond acceptors (Lipinski definition) is 7. The smallest absolute Gasteiger partial charge is 0.203 e. The molecule has 2 unspecified atom stereocenters. The number of nitrogens with one attached hydrogen (secondary N) is 2. The predicted octanol–water partition coefficient (Wildman–Crippen LogP) is 1.51. The Hall–Kier alpha value is -1.87. The summed E-state index contributed by atoms with van der Waals surface area (Å²) in [4.78, 5) is 38.3. The second-order valence-corrected chi connectivity index (χ2v) is 8.23. The summed E-state index contributed by atoms with van der Waals surface area (Å²) in [6.07, 6.45) is 0.619. The minimum atomic E-state index is -0.704. The second-order valence-electron chi connectivity index (χ2n) is 7.26. The monoisotopic (exact) mass is 416 g/mol. The van der Waals surface area contributed by atoms with Crippen LogP contribution in [0.4, 0.5) is 0 Å². The van der Waals surface area contributed by atoms with E-state index >= 15 is 0 Å². The molecule has 28 heavy (non-hydrogen) atoms. The fourth-order valence-electron chi connectivity index (χ4n) is 4.16. The van der Waals surface area contributed by atoms with Crippen LogP contribution in [0.2, 0.25) is 0 Å². The normalized spacial score (nSPS) is 27.4. The number of carbonyl (C=O) groups is 3. The van der Waals surface area contributed by atoms with Crippen molar-refractivity contribution in [3.8, 4) is 0 Å². The van der Waals surface area contributed by atoms with Crippen molar-refractivity contribution in [2.75, 3.05) is 13.1 Å². The minimum absolute atomic E-state index is 0.0722. The Bertz CT molecular complexity index is 937.